The molecule has 0 bridgehead atoms. The van der Waals surface area contributed by atoms with E-state index in [1.165, 1.54) is 0 Å². The van der Waals surface area contributed by atoms with E-state index in [0.29, 0.717) is 19.0 Å². The predicted molar refractivity (Wildman–Crippen MR) is 95.6 cm³/mol. The molecule has 2 aliphatic carbocycles. The molecule has 0 saturated heterocycles. The first kappa shape index (κ1) is 15.6. The van der Waals surface area contributed by atoms with E-state index in [2.05, 4.69) is 5.32 Å². The van der Waals surface area contributed by atoms with Crippen LogP contribution in [0.4, 0.5) is 0 Å². The van der Waals surface area contributed by atoms with Gasteiger partial charge in [-0.1, -0.05) is 18.2 Å². The molecule has 134 valence electrons. The van der Waals surface area contributed by atoms with E-state index in [1.807, 2.05) is 30.3 Å². The second-order valence-electron chi connectivity index (χ2n) is 7.30. The molecule has 1 amide bonds. The standard InChI is InChI=1S/C21H21NO4/c23-18-3-1-2-13-14(18)5-6-17(13)22-21(24)16-11-15(16)12-4-7-19-20(10-12)26-9-8-25-19/h1-4,7,10,15-17,23H,5-6,8-9,11H2,(H,22,24). The minimum absolute atomic E-state index is 0.00566. The summed E-state index contributed by atoms with van der Waals surface area (Å²) >= 11 is 0. The van der Waals surface area contributed by atoms with Gasteiger partial charge < -0.3 is 19.9 Å². The van der Waals surface area contributed by atoms with Crippen LogP contribution < -0.4 is 14.8 Å². The van der Waals surface area contributed by atoms with Gasteiger partial charge in [0.2, 0.25) is 5.91 Å². The monoisotopic (exact) mass is 351 g/mol. The van der Waals surface area contributed by atoms with Crippen LogP contribution in [0.3, 0.4) is 0 Å². The van der Waals surface area contributed by atoms with Crippen LogP contribution in [0.25, 0.3) is 0 Å². The molecule has 26 heavy (non-hydrogen) atoms. The molecule has 3 unspecified atom stereocenters. The Labute approximate surface area is 151 Å². The summed E-state index contributed by atoms with van der Waals surface area (Å²) in [5, 5.41) is 13.1. The Kier molecular flexibility index (Phi) is 3.55. The van der Waals surface area contributed by atoms with Crippen LogP contribution in [0.15, 0.2) is 36.4 Å². The summed E-state index contributed by atoms with van der Waals surface area (Å²) in [6.45, 7) is 1.15. The Morgan fingerprint density at radius 3 is 2.85 bits per heavy atom. The number of rotatable bonds is 3. The highest BCUT2D eigenvalue weighted by Crippen LogP contribution is 2.50. The van der Waals surface area contributed by atoms with Gasteiger partial charge in [0.15, 0.2) is 11.5 Å². The predicted octanol–water partition coefficient (Wildman–Crippen LogP) is 3.07. The molecule has 1 aliphatic heterocycles. The first-order chi connectivity index (χ1) is 12.7. The largest absolute Gasteiger partial charge is 0.508 e. The smallest absolute Gasteiger partial charge is 0.224 e. The maximum atomic E-state index is 12.7. The van der Waals surface area contributed by atoms with Crippen LogP contribution in [0.2, 0.25) is 0 Å². The van der Waals surface area contributed by atoms with Crippen LogP contribution >= 0.6 is 0 Å². The summed E-state index contributed by atoms with van der Waals surface area (Å²) in [5.74, 6) is 2.25. The van der Waals surface area contributed by atoms with Crippen molar-refractivity contribution in [2.24, 2.45) is 5.92 Å². The second kappa shape index (κ2) is 5.94. The summed E-state index contributed by atoms with van der Waals surface area (Å²) in [6.07, 6.45) is 2.52. The number of phenolic OH excluding ortho intramolecular Hbond substituents is 1. The molecule has 5 rings (SSSR count). The molecule has 1 saturated carbocycles. The van der Waals surface area contributed by atoms with Crippen LogP contribution in [-0.4, -0.2) is 24.2 Å². The lowest BCUT2D eigenvalue weighted by atomic mass is 10.1. The number of nitrogens with one attached hydrogen (secondary N) is 1. The molecule has 0 radical (unpaired) electrons. The van der Waals surface area contributed by atoms with Gasteiger partial charge in [-0.3, -0.25) is 4.79 Å². The van der Waals surface area contributed by atoms with Gasteiger partial charge in [-0.05, 0) is 60.1 Å². The molecule has 1 fully saturated rings. The van der Waals surface area contributed by atoms with Gasteiger partial charge in [-0.25, -0.2) is 0 Å². The fourth-order valence-corrected chi connectivity index (χ4v) is 4.21. The van der Waals surface area contributed by atoms with Crippen molar-refractivity contribution in [2.45, 2.75) is 31.2 Å². The molecule has 3 aliphatic rings. The summed E-state index contributed by atoms with van der Waals surface area (Å²) < 4.78 is 11.2. The highest BCUT2D eigenvalue weighted by molar-refractivity contribution is 5.83. The normalized spacial score (nSPS) is 25.5. The molecule has 1 heterocycles. The minimum Gasteiger partial charge on any atom is -0.508 e. The fraction of sp³-hybridized carbons (Fsp3) is 0.381. The third kappa shape index (κ3) is 2.59. The van der Waals surface area contributed by atoms with Gasteiger partial charge in [0, 0.05) is 5.92 Å². The molecule has 5 heteroatoms. The van der Waals surface area contributed by atoms with E-state index in [9.17, 15) is 9.90 Å². The van der Waals surface area contributed by atoms with Gasteiger partial charge in [-0.15, -0.1) is 0 Å². The van der Waals surface area contributed by atoms with Gasteiger partial charge in [0.1, 0.15) is 19.0 Å². The van der Waals surface area contributed by atoms with Crippen molar-refractivity contribution >= 4 is 5.91 Å². The van der Waals surface area contributed by atoms with Crippen molar-refractivity contribution in [3.05, 3.63) is 53.1 Å². The van der Waals surface area contributed by atoms with Crippen LogP contribution in [0.1, 0.15) is 41.5 Å². The number of hydrogen-bond acceptors (Lipinski definition) is 4. The fourth-order valence-electron chi connectivity index (χ4n) is 4.21. The minimum atomic E-state index is 0.00566. The average Bonchev–Trinajstić information content (AvgIpc) is 3.37. The SMILES string of the molecule is O=C(NC1CCc2c(O)cccc21)C1CC1c1ccc2c(c1)OCCO2. The third-order valence-electron chi connectivity index (χ3n) is 5.68. The van der Waals surface area contributed by atoms with Gasteiger partial charge in [0.05, 0.1) is 6.04 Å². The molecule has 0 aromatic heterocycles. The number of benzene rings is 2. The molecule has 2 aromatic carbocycles. The van der Waals surface area contributed by atoms with Crippen LogP contribution in [0, 0.1) is 5.92 Å². The zero-order valence-corrected chi connectivity index (χ0v) is 14.4. The quantitative estimate of drug-likeness (QED) is 0.892. The molecule has 0 spiro atoms. The molecule has 3 atom stereocenters. The first-order valence-electron chi connectivity index (χ1n) is 9.21. The van der Waals surface area contributed by atoms with E-state index >= 15 is 0 Å². The Morgan fingerprint density at radius 1 is 1.12 bits per heavy atom. The van der Waals surface area contributed by atoms with E-state index in [0.717, 1.165) is 47.5 Å². The van der Waals surface area contributed by atoms with Crippen LogP contribution in [-0.2, 0) is 11.2 Å². The number of aromatic hydroxyl groups is 1. The summed E-state index contributed by atoms with van der Waals surface area (Å²) in [5.41, 5.74) is 3.16. The first-order valence-corrected chi connectivity index (χ1v) is 9.21. The number of phenols is 1. The van der Waals surface area contributed by atoms with Crippen molar-refractivity contribution in [1.82, 2.24) is 5.32 Å². The van der Waals surface area contributed by atoms with E-state index < -0.39 is 0 Å². The maximum Gasteiger partial charge on any atom is 0.224 e. The number of fused-ring (bicyclic) bond motifs is 2. The third-order valence-corrected chi connectivity index (χ3v) is 5.68. The van der Waals surface area contributed by atoms with E-state index in [4.69, 9.17) is 9.47 Å². The molecular weight excluding hydrogens is 330 g/mol. The van der Waals surface area contributed by atoms with E-state index in [1.54, 1.807) is 6.07 Å². The Bertz CT molecular complexity index is 878. The molecule has 2 N–H and O–H groups in total. The lowest BCUT2D eigenvalue weighted by Gasteiger charge is -2.19. The number of amides is 1. The zero-order valence-electron chi connectivity index (χ0n) is 14.4. The summed E-state index contributed by atoms with van der Waals surface area (Å²) in [4.78, 5) is 12.7. The van der Waals surface area contributed by atoms with Gasteiger partial charge in [0.25, 0.3) is 0 Å². The average molecular weight is 351 g/mol. The van der Waals surface area contributed by atoms with Crippen molar-refractivity contribution in [3.63, 3.8) is 0 Å². The van der Waals surface area contributed by atoms with Gasteiger partial charge >= 0.3 is 0 Å². The highest BCUT2D eigenvalue weighted by atomic mass is 16.6. The van der Waals surface area contributed by atoms with Gasteiger partial charge in [-0.2, -0.15) is 0 Å². The number of carbonyl (C=O) groups excluding carboxylic acids is 1. The van der Waals surface area contributed by atoms with Crippen LogP contribution in [0.5, 0.6) is 17.2 Å². The number of hydrogen-bond donors (Lipinski definition) is 2. The second-order valence-corrected chi connectivity index (χ2v) is 7.30. The van der Waals surface area contributed by atoms with Crippen molar-refractivity contribution in [1.29, 1.82) is 0 Å². The molecule has 5 nitrogen and oxygen atoms in total. The highest BCUT2D eigenvalue weighted by Gasteiger charge is 2.45. The summed E-state index contributed by atoms with van der Waals surface area (Å²) in [6, 6.07) is 11.5. The Morgan fingerprint density at radius 2 is 1.96 bits per heavy atom. The summed E-state index contributed by atoms with van der Waals surface area (Å²) in [7, 11) is 0. The molecular formula is C21H21NO4. The Hall–Kier alpha value is -2.69. The number of ether oxygens (including phenoxy) is 2. The topological polar surface area (TPSA) is 67.8 Å². The zero-order chi connectivity index (χ0) is 17.7. The number of carbonyl (C=O) groups is 1. The molecule has 2 aromatic rings. The lowest BCUT2D eigenvalue weighted by Crippen LogP contribution is -2.28. The lowest BCUT2D eigenvalue weighted by molar-refractivity contribution is -0.123. The Balaban J connectivity index is 1.27. The van der Waals surface area contributed by atoms with Crippen molar-refractivity contribution in [3.8, 4) is 17.2 Å². The van der Waals surface area contributed by atoms with Crippen molar-refractivity contribution < 1.29 is 19.4 Å². The maximum absolute atomic E-state index is 12.7. The van der Waals surface area contributed by atoms with Crippen molar-refractivity contribution in [2.75, 3.05) is 13.2 Å². The van der Waals surface area contributed by atoms with E-state index in [-0.39, 0.29) is 23.8 Å².